The number of fused-ring (bicyclic) bond motifs is 1. The van der Waals surface area contributed by atoms with Crippen LogP contribution in [0.5, 0.6) is 0 Å². The summed E-state index contributed by atoms with van der Waals surface area (Å²) >= 11 is 0. The molecule has 2 N–H and O–H groups in total. The van der Waals surface area contributed by atoms with Gasteiger partial charge in [-0.2, -0.15) is 0 Å². The Balaban J connectivity index is 2.19. The van der Waals surface area contributed by atoms with Crippen molar-refractivity contribution in [1.29, 1.82) is 0 Å². The summed E-state index contributed by atoms with van der Waals surface area (Å²) in [5.41, 5.74) is 1.80. The van der Waals surface area contributed by atoms with Gasteiger partial charge in [0.05, 0.1) is 37.6 Å². The Morgan fingerprint density at radius 2 is 2.10 bits per heavy atom. The molecule has 0 aliphatic carbocycles. The monoisotopic (exact) mass is 400 g/mol. The first-order valence-electron chi connectivity index (χ1n) is 9.17. The van der Waals surface area contributed by atoms with Crippen LogP contribution in [-0.2, 0) is 16.0 Å². The van der Waals surface area contributed by atoms with E-state index in [0.29, 0.717) is 29.9 Å². The molecule has 0 saturated carbocycles. The molecule has 1 amide bonds. The minimum Gasteiger partial charge on any atom is -0.464 e. The van der Waals surface area contributed by atoms with Crippen molar-refractivity contribution in [3.05, 3.63) is 42.1 Å². The summed E-state index contributed by atoms with van der Waals surface area (Å²) in [6, 6.07) is 5.19. The van der Waals surface area contributed by atoms with Gasteiger partial charge in [0.25, 0.3) is 5.91 Å². The summed E-state index contributed by atoms with van der Waals surface area (Å²) in [6.45, 7) is 4.73. The molecular weight excluding hydrogens is 376 g/mol. The maximum absolute atomic E-state index is 12.6. The van der Waals surface area contributed by atoms with E-state index in [0.717, 1.165) is 5.69 Å². The summed E-state index contributed by atoms with van der Waals surface area (Å²) in [5, 5.41) is 6.67. The zero-order valence-corrected chi connectivity index (χ0v) is 16.8. The van der Waals surface area contributed by atoms with Crippen LogP contribution in [-0.4, -0.2) is 48.3 Å². The smallest absolute Gasteiger partial charge is 0.356 e. The van der Waals surface area contributed by atoms with Crippen LogP contribution in [0.3, 0.4) is 0 Å². The third kappa shape index (κ3) is 4.24. The van der Waals surface area contributed by atoms with Crippen LogP contribution in [0.25, 0.3) is 11.0 Å². The molecule has 0 aromatic carbocycles. The first-order valence-corrected chi connectivity index (χ1v) is 9.17. The Morgan fingerprint density at radius 3 is 2.72 bits per heavy atom. The van der Waals surface area contributed by atoms with Crippen LogP contribution in [0.2, 0.25) is 0 Å². The van der Waals surface area contributed by atoms with Crippen molar-refractivity contribution in [1.82, 2.24) is 9.55 Å². The molecular formula is C20H24N4O5. The lowest BCUT2D eigenvalue weighted by Gasteiger charge is -2.10. The first kappa shape index (κ1) is 20.4. The molecule has 0 aliphatic heterocycles. The number of nitrogens with zero attached hydrogens (tertiary/aromatic N) is 2. The molecule has 0 fully saturated rings. The average Bonchev–Trinajstić information content (AvgIpc) is 3.32. The second kappa shape index (κ2) is 8.78. The van der Waals surface area contributed by atoms with Gasteiger partial charge in [0, 0.05) is 25.1 Å². The molecule has 0 saturated heterocycles. The second-order valence-corrected chi connectivity index (χ2v) is 6.69. The highest BCUT2D eigenvalue weighted by Gasteiger charge is 2.27. The predicted octanol–water partition coefficient (Wildman–Crippen LogP) is 3.13. The number of amides is 1. The van der Waals surface area contributed by atoms with E-state index in [-0.39, 0.29) is 17.5 Å². The quantitative estimate of drug-likeness (QED) is 0.559. The molecule has 3 rings (SSSR count). The Bertz CT molecular complexity index is 1010. The fourth-order valence-electron chi connectivity index (χ4n) is 3.06. The number of carbonyl (C=O) groups excluding carboxylic acids is 2. The van der Waals surface area contributed by atoms with E-state index in [1.54, 1.807) is 30.0 Å². The molecule has 9 heteroatoms. The molecule has 0 unspecified atom stereocenters. The number of furan rings is 1. The first-order chi connectivity index (χ1) is 14.0. The van der Waals surface area contributed by atoms with E-state index in [4.69, 9.17) is 13.9 Å². The molecule has 0 radical (unpaired) electrons. The van der Waals surface area contributed by atoms with Gasteiger partial charge in [-0.25, -0.2) is 9.78 Å². The van der Waals surface area contributed by atoms with Crippen molar-refractivity contribution in [3.8, 4) is 0 Å². The zero-order chi connectivity index (χ0) is 21.0. The third-order valence-corrected chi connectivity index (χ3v) is 4.23. The fourth-order valence-corrected chi connectivity index (χ4v) is 3.06. The minimum absolute atomic E-state index is 0.128. The lowest BCUT2D eigenvalue weighted by atomic mass is 10.2. The van der Waals surface area contributed by atoms with Crippen molar-refractivity contribution < 1.29 is 23.5 Å². The van der Waals surface area contributed by atoms with E-state index in [1.165, 1.54) is 13.4 Å². The normalized spacial score (nSPS) is 11.1. The minimum atomic E-state index is -0.591. The highest BCUT2D eigenvalue weighted by molar-refractivity contribution is 6.14. The number of anilines is 2. The summed E-state index contributed by atoms with van der Waals surface area (Å²) in [6.07, 6.45) is 3.09. The van der Waals surface area contributed by atoms with Crippen LogP contribution < -0.4 is 10.6 Å². The van der Waals surface area contributed by atoms with Crippen LogP contribution in [0.1, 0.15) is 34.9 Å². The molecule has 0 atom stereocenters. The Labute approximate surface area is 168 Å². The molecule has 9 nitrogen and oxygen atoms in total. The number of rotatable bonds is 8. The maximum Gasteiger partial charge on any atom is 0.356 e. The van der Waals surface area contributed by atoms with Gasteiger partial charge >= 0.3 is 5.97 Å². The van der Waals surface area contributed by atoms with Crippen molar-refractivity contribution in [2.45, 2.75) is 26.4 Å². The van der Waals surface area contributed by atoms with Crippen LogP contribution in [0, 0.1) is 0 Å². The van der Waals surface area contributed by atoms with Crippen molar-refractivity contribution in [2.75, 3.05) is 31.5 Å². The number of nitrogens with one attached hydrogen (secondary N) is 2. The lowest BCUT2D eigenvalue weighted by molar-refractivity contribution is 0.0588. The van der Waals surface area contributed by atoms with E-state index in [9.17, 15) is 9.59 Å². The number of methoxy groups -OCH3 is 2. The third-order valence-electron chi connectivity index (χ3n) is 4.23. The molecule has 154 valence electrons. The summed E-state index contributed by atoms with van der Waals surface area (Å²) in [5.74, 6) is -0.941. The number of hydrogen-bond acceptors (Lipinski definition) is 7. The van der Waals surface area contributed by atoms with E-state index in [1.807, 2.05) is 19.9 Å². The van der Waals surface area contributed by atoms with Crippen molar-refractivity contribution >= 4 is 34.3 Å². The van der Waals surface area contributed by atoms with Crippen LogP contribution in [0.15, 0.2) is 35.1 Å². The predicted molar refractivity (Wildman–Crippen MR) is 108 cm³/mol. The SMILES string of the molecule is COCCn1c(C(=O)OC)c(NC(=O)c2ccco2)c2cc(NC(C)C)cnc21. The summed E-state index contributed by atoms with van der Waals surface area (Å²) in [4.78, 5) is 29.8. The molecule has 3 aromatic heterocycles. The highest BCUT2D eigenvalue weighted by Crippen LogP contribution is 2.33. The van der Waals surface area contributed by atoms with Crippen LogP contribution >= 0.6 is 0 Å². The van der Waals surface area contributed by atoms with Gasteiger partial charge in [0.1, 0.15) is 5.65 Å². The largest absolute Gasteiger partial charge is 0.464 e. The van der Waals surface area contributed by atoms with Crippen molar-refractivity contribution in [3.63, 3.8) is 0 Å². The van der Waals surface area contributed by atoms with Gasteiger partial charge < -0.3 is 29.1 Å². The zero-order valence-electron chi connectivity index (χ0n) is 16.8. The van der Waals surface area contributed by atoms with Gasteiger partial charge in [0.2, 0.25) is 0 Å². The number of carbonyl (C=O) groups is 2. The summed E-state index contributed by atoms with van der Waals surface area (Å²) in [7, 11) is 2.86. The van der Waals surface area contributed by atoms with Crippen LogP contribution in [0.4, 0.5) is 11.4 Å². The van der Waals surface area contributed by atoms with Gasteiger partial charge in [-0.1, -0.05) is 0 Å². The average molecular weight is 400 g/mol. The molecule has 3 heterocycles. The lowest BCUT2D eigenvalue weighted by Crippen LogP contribution is -2.18. The Morgan fingerprint density at radius 1 is 1.31 bits per heavy atom. The standard InChI is InChI=1S/C20H24N4O5/c1-12(2)22-13-10-14-16(23-19(25)15-6-5-8-29-15)17(20(26)28-4)24(7-9-27-3)18(14)21-11-13/h5-6,8,10-12,22H,7,9H2,1-4H3,(H,23,25). The molecule has 0 aliphatic rings. The number of pyridine rings is 1. The topological polar surface area (TPSA) is 108 Å². The molecule has 3 aromatic rings. The summed E-state index contributed by atoms with van der Waals surface area (Å²) < 4.78 is 17.0. The number of aromatic nitrogens is 2. The van der Waals surface area contributed by atoms with Gasteiger partial charge in [0.15, 0.2) is 11.5 Å². The number of esters is 1. The highest BCUT2D eigenvalue weighted by atomic mass is 16.5. The number of hydrogen-bond donors (Lipinski definition) is 2. The molecule has 0 spiro atoms. The van der Waals surface area contributed by atoms with Crippen molar-refractivity contribution in [2.24, 2.45) is 0 Å². The van der Waals surface area contributed by atoms with Gasteiger partial charge in [-0.15, -0.1) is 0 Å². The van der Waals surface area contributed by atoms with E-state index < -0.39 is 11.9 Å². The maximum atomic E-state index is 12.6. The van der Waals surface area contributed by atoms with E-state index >= 15 is 0 Å². The Hall–Kier alpha value is -3.33. The van der Waals surface area contributed by atoms with Gasteiger partial charge in [-0.3, -0.25) is 4.79 Å². The van der Waals surface area contributed by atoms with Gasteiger partial charge in [-0.05, 0) is 32.0 Å². The van der Waals surface area contributed by atoms with E-state index in [2.05, 4.69) is 15.6 Å². The second-order valence-electron chi connectivity index (χ2n) is 6.69. The molecule has 0 bridgehead atoms. The Kier molecular flexibility index (Phi) is 6.18. The molecule has 29 heavy (non-hydrogen) atoms. The fraction of sp³-hybridized carbons (Fsp3) is 0.350. The number of ether oxygens (including phenoxy) is 2.